The molecule has 0 radical (unpaired) electrons. The Labute approximate surface area is 144 Å². The molecule has 2 aromatic carbocycles. The zero-order chi connectivity index (χ0) is 16.9. The molecule has 1 atom stereocenters. The minimum absolute atomic E-state index is 0.0661. The topological polar surface area (TPSA) is 49.9 Å². The van der Waals surface area contributed by atoms with Crippen molar-refractivity contribution in [1.29, 1.82) is 0 Å². The van der Waals surface area contributed by atoms with Gasteiger partial charge in [0.25, 0.3) is 5.91 Å². The van der Waals surface area contributed by atoms with E-state index in [1.807, 2.05) is 36.4 Å². The minimum atomic E-state index is -1.02. The molecule has 1 fully saturated rings. The summed E-state index contributed by atoms with van der Waals surface area (Å²) in [4.78, 5) is 28.0. The molecule has 0 saturated carbocycles. The van der Waals surface area contributed by atoms with Crippen molar-refractivity contribution in [1.82, 2.24) is 0 Å². The summed E-state index contributed by atoms with van der Waals surface area (Å²) in [5.41, 5.74) is 2.41. The Morgan fingerprint density at radius 2 is 1.79 bits per heavy atom. The predicted octanol–water partition coefficient (Wildman–Crippen LogP) is 2.60. The van der Waals surface area contributed by atoms with Crippen LogP contribution in [-0.2, 0) is 14.5 Å². The number of thioether (sulfide) groups is 1. The van der Waals surface area contributed by atoms with Gasteiger partial charge in [0.15, 0.2) is 0 Å². The van der Waals surface area contributed by atoms with E-state index >= 15 is 0 Å². The monoisotopic (exact) mass is 340 g/mol. The number of fused-ring (bicyclic) bond motifs is 2. The number of methoxy groups -OCH3 is 1. The average molecular weight is 340 g/mol. The number of anilines is 2. The van der Waals surface area contributed by atoms with Gasteiger partial charge in [0.2, 0.25) is 10.8 Å². The molecule has 0 N–H and O–H groups in total. The van der Waals surface area contributed by atoms with Crippen LogP contribution in [0.5, 0.6) is 5.75 Å². The van der Waals surface area contributed by atoms with Crippen LogP contribution in [0.15, 0.2) is 48.5 Å². The summed E-state index contributed by atoms with van der Waals surface area (Å²) in [6, 6.07) is 14.9. The molecule has 0 aliphatic carbocycles. The Kier molecular flexibility index (Phi) is 3.31. The third-order valence-corrected chi connectivity index (χ3v) is 5.91. The van der Waals surface area contributed by atoms with E-state index in [0.717, 1.165) is 11.3 Å². The second-order valence-electron chi connectivity index (χ2n) is 5.74. The van der Waals surface area contributed by atoms with Gasteiger partial charge in [-0.25, -0.2) is 0 Å². The molecule has 0 unspecified atom stereocenters. The molecule has 2 aliphatic rings. The Bertz CT molecular complexity index is 836. The standard InChI is InChI=1S/C18H16N2O3S/c1-19-15-6-4-3-5-14(15)18(17(19)22)20(16(21)11-24-18)12-7-9-13(23-2)10-8-12/h3-10H,11H2,1-2H3/t18-/m1/s1. The van der Waals surface area contributed by atoms with Crippen molar-refractivity contribution in [3.63, 3.8) is 0 Å². The molecule has 1 saturated heterocycles. The maximum Gasteiger partial charge on any atom is 0.268 e. The number of para-hydroxylation sites is 1. The fraction of sp³-hybridized carbons (Fsp3) is 0.222. The van der Waals surface area contributed by atoms with E-state index in [1.54, 1.807) is 36.1 Å². The van der Waals surface area contributed by atoms with Crippen LogP contribution in [0.1, 0.15) is 5.56 Å². The van der Waals surface area contributed by atoms with Crippen LogP contribution in [0, 0.1) is 0 Å². The zero-order valence-corrected chi connectivity index (χ0v) is 14.2. The van der Waals surface area contributed by atoms with E-state index in [1.165, 1.54) is 11.8 Å². The SMILES string of the molecule is COc1ccc(N2C(=O)CS[C@]23C(=O)N(C)c2ccccc23)cc1. The molecular formula is C18H16N2O3S. The molecule has 2 heterocycles. The second-order valence-corrected chi connectivity index (χ2v) is 6.91. The van der Waals surface area contributed by atoms with Crippen molar-refractivity contribution >= 4 is 35.0 Å². The molecular weight excluding hydrogens is 324 g/mol. The summed E-state index contributed by atoms with van der Waals surface area (Å²) in [6.45, 7) is 0. The molecule has 2 aliphatic heterocycles. The average Bonchev–Trinajstić information content (AvgIpc) is 3.07. The normalized spacial score (nSPS) is 22.4. The predicted molar refractivity (Wildman–Crippen MR) is 94.5 cm³/mol. The van der Waals surface area contributed by atoms with E-state index in [9.17, 15) is 9.59 Å². The summed E-state index contributed by atoms with van der Waals surface area (Å²) in [6.07, 6.45) is 0. The highest BCUT2D eigenvalue weighted by Crippen LogP contribution is 2.55. The summed E-state index contributed by atoms with van der Waals surface area (Å²) in [5, 5.41) is 0. The third-order valence-electron chi connectivity index (χ3n) is 4.52. The lowest BCUT2D eigenvalue weighted by Gasteiger charge is -2.32. The van der Waals surface area contributed by atoms with Crippen LogP contribution >= 0.6 is 11.8 Å². The molecule has 4 rings (SSSR count). The van der Waals surface area contributed by atoms with Gasteiger partial charge < -0.3 is 9.64 Å². The van der Waals surface area contributed by atoms with E-state index in [4.69, 9.17) is 4.74 Å². The van der Waals surface area contributed by atoms with E-state index in [0.29, 0.717) is 11.4 Å². The molecule has 0 aromatic heterocycles. The number of carbonyl (C=O) groups excluding carboxylic acids is 2. The Hall–Kier alpha value is -2.47. The molecule has 6 heteroatoms. The van der Waals surface area contributed by atoms with Crippen molar-refractivity contribution < 1.29 is 14.3 Å². The third kappa shape index (κ3) is 1.83. The first kappa shape index (κ1) is 15.1. The molecule has 24 heavy (non-hydrogen) atoms. The molecule has 2 amide bonds. The van der Waals surface area contributed by atoms with Crippen molar-refractivity contribution in [3.05, 3.63) is 54.1 Å². The number of rotatable bonds is 2. The van der Waals surface area contributed by atoms with Crippen LogP contribution in [0.25, 0.3) is 0 Å². The number of nitrogens with zero attached hydrogens (tertiary/aromatic N) is 2. The van der Waals surface area contributed by atoms with Crippen LogP contribution in [0.4, 0.5) is 11.4 Å². The molecule has 0 bridgehead atoms. The van der Waals surface area contributed by atoms with Crippen molar-refractivity contribution in [2.75, 3.05) is 29.7 Å². The molecule has 1 spiro atoms. The minimum Gasteiger partial charge on any atom is -0.497 e. The largest absolute Gasteiger partial charge is 0.497 e. The number of carbonyl (C=O) groups is 2. The van der Waals surface area contributed by atoms with Gasteiger partial charge in [-0.15, -0.1) is 11.8 Å². The summed E-state index contributed by atoms with van der Waals surface area (Å²) in [7, 11) is 3.35. The highest BCUT2D eigenvalue weighted by molar-refractivity contribution is 8.02. The number of ether oxygens (including phenoxy) is 1. The first-order chi connectivity index (χ1) is 11.6. The first-order valence-electron chi connectivity index (χ1n) is 7.58. The van der Waals surface area contributed by atoms with E-state index < -0.39 is 4.87 Å². The summed E-state index contributed by atoms with van der Waals surface area (Å²) in [5.74, 6) is 0.835. The van der Waals surface area contributed by atoms with Gasteiger partial charge in [0.1, 0.15) is 5.75 Å². The van der Waals surface area contributed by atoms with Gasteiger partial charge in [0.05, 0.1) is 18.6 Å². The number of amides is 2. The van der Waals surface area contributed by atoms with Crippen LogP contribution in [-0.4, -0.2) is 31.7 Å². The number of benzene rings is 2. The number of hydrogen-bond donors (Lipinski definition) is 0. The second kappa shape index (κ2) is 5.27. The summed E-state index contributed by atoms with van der Waals surface area (Å²) >= 11 is 1.38. The number of likely N-dealkylation sites (N-methyl/N-ethyl adjacent to an activating group) is 1. The van der Waals surface area contributed by atoms with Gasteiger partial charge in [-0.05, 0) is 30.3 Å². The Morgan fingerprint density at radius 3 is 2.50 bits per heavy atom. The zero-order valence-electron chi connectivity index (χ0n) is 13.4. The number of hydrogen-bond acceptors (Lipinski definition) is 4. The highest BCUT2D eigenvalue weighted by atomic mass is 32.2. The molecule has 2 aromatic rings. The first-order valence-corrected chi connectivity index (χ1v) is 8.57. The van der Waals surface area contributed by atoms with Gasteiger partial charge in [-0.2, -0.15) is 0 Å². The van der Waals surface area contributed by atoms with Crippen LogP contribution in [0.3, 0.4) is 0 Å². The molecule has 122 valence electrons. The Balaban J connectivity index is 1.90. The van der Waals surface area contributed by atoms with Gasteiger partial charge in [-0.3, -0.25) is 14.5 Å². The van der Waals surface area contributed by atoms with Gasteiger partial charge in [0, 0.05) is 18.3 Å². The smallest absolute Gasteiger partial charge is 0.268 e. The maximum absolute atomic E-state index is 13.1. The molecule has 5 nitrogen and oxygen atoms in total. The fourth-order valence-corrected chi connectivity index (χ4v) is 4.77. The van der Waals surface area contributed by atoms with E-state index in [2.05, 4.69) is 0 Å². The van der Waals surface area contributed by atoms with Crippen LogP contribution < -0.4 is 14.5 Å². The Morgan fingerprint density at radius 1 is 1.08 bits per heavy atom. The lowest BCUT2D eigenvalue weighted by atomic mass is 10.0. The lowest BCUT2D eigenvalue weighted by molar-refractivity contribution is -0.123. The van der Waals surface area contributed by atoms with Gasteiger partial charge >= 0.3 is 0 Å². The van der Waals surface area contributed by atoms with E-state index in [-0.39, 0.29) is 17.6 Å². The quantitative estimate of drug-likeness (QED) is 0.843. The van der Waals surface area contributed by atoms with Crippen molar-refractivity contribution in [2.24, 2.45) is 0 Å². The summed E-state index contributed by atoms with van der Waals surface area (Å²) < 4.78 is 5.19. The lowest BCUT2D eigenvalue weighted by Crippen LogP contribution is -2.49. The van der Waals surface area contributed by atoms with Crippen molar-refractivity contribution in [3.8, 4) is 5.75 Å². The van der Waals surface area contributed by atoms with Gasteiger partial charge in [-0.1, -0.05) is 18.2 Å². The van der Waals surface area contributed by atoms with Crippen LogP contribution in [0.2, 0.25) is 0 Å². The highest BCUT2D eigenvalue weighted by Gasteiger charge is 2.60. The van der Waals surface area contributed by atoms with Crippen molar-refractivity contribution in [2.45, 2.75) is 4.87 Å². The maximum atomic E-state index is 13.1. The fourth-order valence-electron chi connectivity index (χ4n) is 3.39.